The van der Waals surface area contributed by atoms with E-state index in [1.54, 1.807) is 0 Å². The standard InChI is InChI=1S/C82H52N6/c1-4-21-53(22-5-1)62-29-10-11-30-63(62)73-52-72(83-82(84-73)88-77-38-19-15-34-67(77)71-49-55(42-46-79(71)88)57-40-44-69-65-32-13-17-36-75(65)86(81(69)51-57)60-26-8-3-9-27-60)58-23-20-28-61(47-58)87-76-37-18-14-33-66(76)70-48-54(41-45-78(70)87)56-39-43-68-64-31-12-16-35-74(64)85(80(68)50-56)59-24-6-2-7-25-59/h1-52H. The quantitative estimate of drug-likeness (QED) is 0.145. The van der Waals surface area contributed by atoms with Gasteiger partial charge in [-0.2, -0.15) is 0 Å². The Morgan fingerprint density at radius 2 is 0.545 bits per heavy atom. The number of fused-ring (bicyclic) bond motifs is 12. The molecule has 0 atom stereocenters. The summed E-state index contributed by atoms with van der Waals surface area (Å²) in [4.78, 5) is 11.2. The normalized spacial score (nSPS) is 11.9. The molecule has 0 unspecified atom stereocenters. The Morgan fingerprint density at radius 1 is 0.182 bits per heavy atom. The molecule has 88 heavy (non-hydrogen) atoms. The molecule has 0 aliphatic rings. The van der Waals surface area contributed by atoms with Crippen LogP contribution in [0, 0.1) is 0 Å². The Kier molecular flexibility index (Phi) is 11.2. The molecule has 0 saturated carbocycles. The van der Waals surface area contributed by atoms with E-state index in [-0.39, 0.29) is 0 Å². The number of benzene rings is 13. The Labute approximate surface area is 507 Å². The maximum absolute atomic E-state index is 5.64. The zero-order valence-electron chi connectivity index (χ0n) is 47.7. The van der Waals surface area contributed by atoms with E-state index in [1.165, 1.54) is 65.5 Å². The van der Waals surface area contributed by atoms with Crippen LogP contribution in [0.5, 0.6) is 0 Å². The number of hydrogen-bond donors (Lipinski definition) is 0. The predicted molar refractivity (Wildman–Crippen MR) is 367 cm³/mol. The Morgan fingerprint density at radius 3 is 1.09 bits per heavy atom. The smallest absolute Gasteiger partial charge is 0.235 e. The maximum Gasteiger partial charge on any atom is 0.235 e. The van der Waals surface area contributed by atoms with Gasteiger partial charge in [-0.05, 0) is 137 Å². The summed E-state index contributed by atoms with van der Waals surface area (Å²) in [6, 6.07) is 114. The zero-order valence-corrected chi connectivity index (χ0v) is 47.7. The van der Waals surface area contributed by atoms with Crippen LogP contribution in [-0.2, 0) is 0 Å². The third-order valence-electron chi connectivity index (χ3n) is 18.0. The van der Waals surface area contributed by atoms with Crippen molar-refractivity contribution in [1.82, 2.24) is 28.2 Å². The van der Waals surface area contributed by atoms with Crippen molar-refractivity contribution >= 4 is 87.2 Å². The van der Waals surface area contributed by atoms with Crippen LogP contribution in [0.25, 0.3) is 166 Å². The van der Waals surface area contributed by atoms with Crippen LogP contribution in [0.1, 0.15) is 0 Å². The van der Waals surface area contributed by atoms with E-state index in [1.807, 2.05) is 0 Å². The molecule has 13 aromatic carbocycles. The van der Waals surface area contributed by atoms with Crippen molar-refractivity contribution in [2.24, 2.45) is 0 Å². The van der Waals surface area contributed by atoms with Gasteiger partial charge >= 0.3 is 0 Å². The molecule has 410 valence electrons. The van der Waals surface area contributed by atoms with Gasteiger partial charge in [0.25, 0.3) is 0 Å². The van der Waals surface area contributed by atoms with Crippen LogP contribution >= 0.6 is 0 Å². The Hall–Kier alpha value is -11.9. The topological polar surface area (TPSA) is 45.5 Å². The molecular formula is C82H52N6. The molecule has 18 rings (SSSR count). The number of nitrogens with zero attached hydrogens (tertiary/aromatic N) is 6. The lowest BCUT2D eigenvalue weighted by Gasteiger charge is -2.15. The van der Waals surface area contributed by atoms with E-state index in [0.29, 0.717) is 5.95 Å². The molecule has 0 radical (unpaired) electrons. The Balaban J connectivity index is 0.791. The highest BCUT2D eigenvalue weighted by Gasteiger charge is 2.22. The fraction of sp³-hybridized carbons (Fsp3) is 0. The highest BCUT2D eigenvalue weighted by atomic mass is 15.2. The van der Waals surface area contributed by atoms with Gasteiger partial charge in [0, 0.05) is 71.3 Å². The molecule has 0 aliphatic heterocycles. The van der Waals surface area contributed by atoms with Crippen LogP contribution in [0.3, 0.4) is 0 Å². The number of rotatable bonds is 9. The highest BCUT2D eigenvalue weighted by Crippen LogP contribution is 2.42. The molecule has 5 aromatic heterocycles. The minimum atomic E-state index is 0.597. The largest absolute Gasteiger partial charge is 0.309 e. The Bertz CT molecular complexity index is 5810. The summed E-state index contributed by atoms with van der Waals surface area (Å²) < 4.78 is 9.45. The van der Waals surface area contributed by atoms with Gasteiger partial charge in [-0.1, -0.05) is 212 Å². The molecular weight excluding hydrogens is 1070 g/mol. The van der Waals surface area contributed by atoms with E-state index in [2.05, 4.69) is 334 Å². The fourth-order valence-corrected chi connectivity index (χ4v) is 14.0. The van der Waals surface area contributed by atoms with Gasteiger partial charge in [0.05, 0.1) is 55.5 Å². The lowest BCUT2D eigenvalue weighted by atomic mass is 9.97. The summed E-state index contributed by atoms with van der Waals surface area (Å²) in [5.74, 6) is 0.597. The van der Waals surface area contributed by atoms with Crippen molar-refractivity contribution in [3.05, 3.63) is 315 Å². The molecule has 0 saturated heterocycles. The summed E-state index contributed by atoms with van der Waals surface area (Å²) >= 11 is 0. The van der Waals surface area contributed by atoms with E-state index < -0.39 is 0 Å². The minimum absolute atomic E-state index is 0.597. The molecule has 6 nitrogen and oxygen atoms in total. The first-order chi connectivity index (χ1) is 43.6. The molecule has 5 heterocycles. The molecule has 0 aliphatic carbocycles. The summed E-state index contributed by atoms with van der Waals surface area (Å²) in [6.45, 7) is 0. The van der Waals surface area contributed by atoms with Crippen molar-refractivity contribution in [2.45, 2.75) is 0 Å². The third-order valence-corrected chi connectivity index (χ3v) is 18.0. The summed E-state index contributed by atoms with van der Waals surface area (Å²) in [7, 11) is 0. The minimum Gasteiger partial charge on any atom is -0.309 e. The molecule has 18 aromatic rings. The van der Waals surface area contributed by atoms with E-state index >= 15 is 0 Å². The SMILES string of the molecule is c1ccc(-c2ccccc2-c2cc(-c3cccc(-n4c5ccccc5c5cc(-c6ccc7c8ccccc8n(-c8ccccc8)c7c6)ccc54)c3)nc(-n3c4ccccc4c4cc(-c5ccc6c7ccccc7n(-c7ccccc7)c6c5)ccc43)n2)cc1. The van der Waals surface area contributed by atoms with Crippen LogP contribution in [0.15, 0.2) is 315 Å². The summed E-state index contributed by atoms with van der Waals surface area (Å²) in [6.07, 6.45) is 0. The second-order valence-corrected chi connectivity index (χ2v) is 22.9. The second-order valence-electron chi connectivity index (χ2n) is 22.9. The predicted octanol–water partition coefficient (Wildman–Crippen LogP) is 21.2. The summed E-state index contributed by atoms with van der Waals surface area (Å²) in [5, 5.41) is 9.60. The van der Waals surface area contributed by atoms with Gasteiger partial charge in [0.1, 0.15) is 0 Å². The first-order valence-electron chi connectivity index (χ1n) is 30.0. The fourth-order valence-electron chi connectivity index (χ4n) is 14.0. The average Bonchev–Trinajstić information content (AvgIpc) is 1.80. The molecule has 0 spiro atoms. The third kappa shape index (κ3) is 7.82. The van der Waals surface area contributed by atoms with E-state index in [0.717, 1.165) is 94.7 Å². The first kappa shape index (κ1) is 49.6. The van der Waals surface area contributed by atoms with Crippen molar-refractivity contribution in [3.63, 3.8) is 0 Å². The van der Waals surface area contributed by atoms with E-state index in [4.69, 9.17) is 9.97 Å². The van der Waals surface area contributed by atoms with Gasteiger partial charge in [0.15, 0.2) is 0 Å². The lowest BCUT2D eigenvalue weighted by molar-refractivity contribution is 0.995. The highest BCUT2D eigenvalue weighted by molar-refractivity contribution is 6.14. The first-order valence-corrected chi connectivity index (χ1v) is 30.0. The molecule has 0 amide bonds. The van der Waals surface area contributed by atoms with E-state index in [9.17, 15) is 0 Å². The second kappa shape index (κ2) is 19.9. The number of para-hydroxylation sites is 6. The van der Waals surface area contributed by atoms with Crippen LogP contribution in [-0.4, -0.2) is 28.2 Å². The molecule has 0 N–H and O–H groups in total. The van der Waals surface area contributed by atoms with Gasteiger partial charge in [-0.15, -0.1) is 0 Å². The summed E-state index contributed by atoms with van der Waals surface area (Å²) in [5.41, 5.74) is 22.9. The average molecular weight is 1120 g/mol. The van der Waals surface area contributed by atoms with Crippen LogP contribution in [0.2, 0.25) is 0 Å². The lowest BCUT2D eigenvalue weighted by Crippen LogP contribution is -2.04. The van der Waals surface area contributed by atoms with Gasteiger partial charge in [-0.3, -0.25) is 4.57 Å². The number of hydrogen-bond acceptors (Lipinski definition) is 2. The molecule has 0 fully saturated rings. The van der Waals surface area contributed by atoms with Crippen molar-refractivity contribution in [2.75, 3.05) is 0 Å². The van der Waals surface area contributed by atoms with Crippen molar-refractivity contribution < 1.29 is 0 Å². The zero-order chi connectivity index (χ0) is 57.8. The number of aromatic nitrogens is 6. The van der Waals surface area contributed by atoms with Crippen LogP contribution in [0.4, 0.5) is 0 Å². The van der Waals surface area contributed by atoms with Gasteiger partial charge in [0.2, 0.25) is 5.95 Å². The molecule has 6 heteroatoms. The monoisotopic (exact) mass is 1120 g/mol. The van der Waals surface area contributed by atoms with Gasteiger partial charge in [-0.25, -0.2) is 9.97 Å². The maximum atomic E-state index is 5.64. The van der Waals surface area contributed by atoms with Gasteiger partial charge < -0.3 is 13.7 Å². The van der Waals surface area contributed by atoms with Crippen LogP contribution < -0.4 is 0 Å². The van der Waals surface area contributed by atoms with Crippen molar-refractivity contribution in [1.29, 1.82) is 0 Å². The van der Waals surface area contributed by atoms with Crippen molar-refractivity contribution in [3.8, 4) is 78.9 Å². The molecule has 0 bridgehead atoms.